The van der Waals surface area contributed by atoms with Gasteiger partial charge in [0.2, 0.25) is 0 Å². The van der Waals surface area contributed by atoms with Gasteiger partial charge in [0.1, 0.15) is 4.88 Å². The average molecular weight is 405 g/mol. The summed E-state index contributed by atoms with van der Waals surface area (Å²) < 4.78 is 5.05. The zero-order valence-corrected chi connectivity index (χ0v) is 17.0. The van der Waals surface area contributed by atoms with Crippen molar-refractivity contribution in [1.82, 2.24) is 4.98 Å². The van der Waals surface area contributed by atoms with Crippen molar-refractivity contribution in [2.45, 2.75) is 40.0 Å². The van der Waals surface area contributed by atoms with Crippen molar-refractivity contribution in [3.8, 4) is 0 Å². The van der Waals surface area contributed by atoms with E-state index in [9.17, 15) is 19.7 Å². The van der Waals surface area contributed by atoms with E-state index in [1.54, 1.807) is 13.8 Å². The van der Waals surface area contributed by atoms with Crippen LogP contribution in [0.4, 0.5) is 10.8 Å². The molecule has 2 aromatic rings. The second-order valence-electron chi connectivity index (χ2n) is 6.10. The van der Waals surface area contributed by atoms with Crippen molar-refractivity contribution in [2.75, 3.05) is 18.1 Å². The molecule has 1 amide bonds. The number of amides is 1. The Morgan fingerprint density at radius 3 is 2.46 bits per heavy atom. The van der Waals surface area contributed by atoms with E-state index in [0.717, 1.165) is 30.6 Å². The lowest BCUT2D eigenvalue weighted by atomic mass is 10.1. The van der Waals surface area contributed by atoms with E-state index in [4.69, 9.17) is 4.74 Å². The van der Waals surface area contributed by atoms with Gasteiger partial charge in [-0.15, -0.1) is 0 Å². The zero-order valence-electron chi connectivity index (χ0n) is 16.1. The Morgan fingerprint density at radius 1 is 1.21 bits per heavy atom. The predicted molar refractivity (Wildman–Crippen MR) is 107 cm³/mol. The number of nitrogens with zero attached hydrogens (tertiary/aromatic N) is 3. The molecule has 9 heteroatoms. The minimum absolute atomic E-state index is 0.0798. The number of carbonyl (C=O) groups is 2. The third-order valence-electron chi connectivity index (χ3n) is 4.03. The summed E-state index contributed by atoms with van der Waals surface area (Å²) in [6.45, 7) is 6.19. The number of anilines is 1. The summed E-state index contributed by atoms with van der Waals surface area (Å²) in [6.07, 6.45) is 2.71. The van der Waals surface area contributed by atoms with E-state index in [0.29, 0.717) is 27.8 Å². The molecule has 0 atom stereocenters. The fourth-order valence-electron chi connectivity index (χ4n) is 2.57. The van der Waals surface area contributed by atoms with Gasteiger partial charge in [-0.25, -0.2) is 9.78 Å². The van der Waals surface area contributed by atoms with Crippen LogP contribution in [0.1, 0.15) is 58.8 Å². The number of unbranched alkanes of at least 4 members (excludes halogenated alkanes) is 2. The topological polar surface area (TPSA) is 103 Å². The van der Waals surface area contributed by atoms with E-state index in [-0.39, 0.29) is 18.2 Å². The second-order valence-corrected chi connectivity index (χ2v) is 7.08. The highest BCUT2D eigenvalue weighted by molar-refractivity contribution is 7.17. The van der Waals surface area contributed by atoms with Gasteiger partial charge in [-0.2, -0.15) is 0 Å². The Labute approximate surface area is 167 Å². The largest absolute Gasteiger partial charge is 0.462 e. The van der Waals surface area contributed by atoms with Gasteiger partial charge in [0.15, 0.2) is 5.13 Å². The first kappa shape index (κ1) is 21.5. The molecule has 1 heterocycles. The Balaban J connectivity index is 2.33. The average Bonchev–Trinajstić information content (AvgIpc) is 3.06. The molecule has 0 fully saturated rings. The summed E-state index contributed by atoms with van der Waals surface area (Å²) in [5.41, 5.74) is 0.756. The molecule has 28 heavy (non-hydrogen) atoms. The maximum atomic E-state index is 13.0. The maximum Gasteiger partial charge on any atom is 0.350 e. The highest BCUT2D eigenvalue weighted by Gasteiger charge is 2.25. The van der Waals surface area contributed by atoms with Gasteiger partial charge >= 0.3 is 5.97 Å². The third-order valence-corrected chi connectivity index (χ3v) is 5.19. The summed E-state index contributed by atoms with van der Waals surface area (Å²) in [4.78, 5) is 41.7. The predicted octanol–water partition coefficient (Wildman–Crippen LogP) is 4.37. The fraction of sp³-hybridized carbons (Fsp3) is 0.421. The first-order valence-corrected chi connectivity index (χ1v) is 9.91. The number of ether oxygens (including phenoxy) is 1. The minimum atomic E-state index is -0.511. The lowest BCUT2D eigenvalue weighted by molar-refractivity contribution is -0.384. The molecule has 0 aliphatic carbocycles. The number of benzene rings is 1. The number of hydrogen-bond acceptors (Lipinski definition) is 7. The van der Waals surface area contributed by atoms with E-state index in [2.05, 4.69) is 11.9 Å². The number of esters is 1. The molecule has 0 spiro atoms. The van der Waals surface area contributed by atoms with Crippen LogP contribution in [-0.4, -0.2) is 34.9 Å². The van der Waals surface area contributed by atoms with Crippen LogP contribution in [0.15, 0.2) is 24.3 Å². The lowest BCUT2D eigenvalue weighted by Gasteiger charge is -2.20. The van der Waals surface area contributed by atoms with Gasteiger partial charge in [-0.3, -0.25) is 19.8 Å². The monoisotopic (exact) mass is 405 g/mol. The quantitative estimate of drug-likeness (QED) is 0.266. The number of nitro groups is 1. The molecule has 0 unspecified atom stereocenters. The summed E-state index contributed by atoms with van der Waals surface area (Å²) in [6, 6.07) is 5.46. The molecule has 1 aromatic heterocycles. The first-order valence-electron chi connectivity index (χ1n) is 9.09. The van der Waals surface area contributed by atoms with Crippen molar-refractivity contribution < 1.29 is 19.2 Å². The number of thiazole rings is 1. The number of aromatic nitrogens is 1. The molecule has 0 radical (unpaired) electrons. The minimum Gasteiger partial charge on any atom is -0.462 e. The van der Waals surface area contributed by atoms with Gasteiger partial charge in [0.25, 0.3) is 11.6 Å². The number of aryl methyl sites for hydroxylation is 1. The van der Waals surface area contributed by atoms with Crippen LogP contribution in [-0.2, 0) is 4.74 Å². The van der Waals surface area contributed by atoms with Crippen molar-refractivity contribution in [2.24, 2.45) is 0 Å². The molecule has 0 N–H and O–H groups in total. The number of non-ortho nitro benzene ring substituents is 1. The van der Waals surface area contributed by atoms with E-state index < -0.39 is 10.9 Å². The summed E-state index contributed by atoms with van der Waals surface area (Å²) in [5.74, 6) is -0.768. The van der Waals surface area contributed by atoms with Gasteiger partial charge in [-0.1, -0.05) is 31.1 Å². The lowest BCUT2D eigenvalue weighted by Crippen LogP contribution is -2.31. The zero-order chi connectivity index (χ0) is 20.7. The SMILES string of the molecule is CCCCCN(C(=O)c1ccc([N+](=O)[O-])cc1)c1nc(C)c(C(=O)OCC)s1. The molecular formula is C19H23N3O5S. The van der Waals surface area contributed by atoms with Crippen molar-refractivity contribution in [3.05, 3.63) is 50.5 Å². The summed E-state index contributed by atoms with van der Waals surface area (Å²) >= 11 is 1.12. The van der Waals surface area contributed by atoms with Gasteiger partial charge in [0.05, 0.1) is 17.2 Å². The first-order chi connectivity index (χ1) is 13.4. The van der Waals surface area contributed by atoms with Crippen LogP contribution in [0.3, 0.4) is 0 Å². The molecule has 0 aliphatic rings. The highest BCUT2D eigenvalue weighted by Crippen LogP contribution is 2.29. The number of carbonyl (C=O) groups excluding carboxylic acids is 2. The molecule has 0 aliphatic heterocycles. The molecule has 1 aromatic carbocycles. The number of hydrogen-bond donors (Lipinski definition) is 0. The second kappa shape index (κ2) is 9.93. The Kier molecular flexibility index (Phi) is 7.62. The molecular weight excluding hydrogens is 382 g/mol. The molecule has 0 saturated heterocycles. The van der Waals surface area contributed by atoms with E-state index in [1.807, 2.05) is 0 Å². The Hall–Kier alpha value is -2.81. The van der Waals surface area contributed by atoms with E-state index >= 15 is 0 Å². The van der Waals surface area contributed by atoms with Crippen LogP contribution < -0.4 is 4.90 Å². The number of rotatable bonds is 9. The maximum absolute atomic E-state index is 13.0. The van der Waals surface area contributed by atoms with Crippen molar-refractivity contribution in [3.63, 3.8) is 0 Å². The smallest absolute Gasteiger partial charge is 0.350 e. The van der Waals surface area contributed by atoms with Crippen LogP contribution in [0.25, 0.3) is 0 Å². The van der Waals surface area contributed by atoms with Gasteiger partial charge < -0.3 is 4.74 Å². The fourth-order valence-corrected chi connectivity index (χ4v) is 3.55. The number of nitro benzene ring substituents is 1. The third kappa shape index (κ3) is 5.13. The van der Waals surface area contributed by atoms with E-state index in [1.165, 1.54) is 29.2 Å². The highest BCUT2D eigenvalue weighted by atomic mass is 32.1. The van der Waals surface area contributed by atoms with Crippen LogP contribution >= 0.6 is 11.3 Å². The van der Waals surface area contributed by atoms with Crippen molar-refractivity contribution >= 4 is 34.0 Å². The molecule has 2 rings (SSSR count). The standard InChI is InChI=1S/C19H23N3O5S/c1-4-6-7-12-21(17(23)14-8-10-15(11-9-14)22(25)26)19-20-13(3)16(28-19)18(24)27-5-2/h8-11H,4-7,12H2,1-3H3. The summed E-state index contributed by atoms with van der Waals surface area (Å²) in [5, 5.41) is 11.2. The van der Waals surface area contributed by atoms with Gasteiger partial charge in [0, 0.05) is 24.2 Å². The van der Waals surface area contributed by atoms with Crippen LogP contribution in [0.5, 0.6) is 0 Å². The molecule has 0 bridgehead atoms. The van der Waals surface area contributed by atoms with Crippen molar-refractivity contribution in [1.29, 1.82) is 0 Å². The molecule has 8 nitrogen and oxygen atoms in total. The Morgan fingerprint density at radius 2 is 1.89 bits per heavy atom. The van der Waals surface area contributed by atoms with Gasteiger partial charge in [-0.05, 0) is 32.4 Å². The molecule has 0 saturated carbocycles. The van der Waals surface area contributed by atoms with Crippen LogP contribution in [0.2, 0.25) is 0 Å². The molecule has 150 valence electrons. The summed E-state index contributed by atoms with van der Waals surface area (Å²) in [7, 11) is 0. The Bertz CT molecular complexity index is 848. The normalized spacial score (nSPS) is 10.5. The van der Waals surface area contributed by atoms with Crippen LogP contribution in [0, 0.1) is 17.0 Å².